The van der Waals surface area contributed by atoms with E-state index in [1.165, 1.54) is 6.07 Å². The number of aromatic nitrogens is 1. The molecule has 0 bridgehead atoms. The standard InChI is InChI=1S/C12H15N3O6/c1-12(2,3)21-11(18)14(7-10(16)17)9-5-4-8(6-13-9)15(19)20/h4-6H,7H2,1-3H3,(H,16,17). The van der Waals surface area contributed by atoms with Crippen molar-refractivity contribution in [1.29, 1.82) is 0 Å². The highest BCUT2D eigenvalue weighted by Gasteiger charge is 2.26. The van der Waals surface area contributed by atoms with Gasteiger partial charge in [0.2, 0.25) is 0 Å². The number of carbonyl (C=O) groups excluding carboxylic acids is 1. The van der Waals surface area contributed by atoms with Crippen LogP contribution in [0.3, 0.4) is 0 Å². The van der Waals surface area contributed by atoms with E-state index in [1.807, 2.05) is 0 Å². The third-order valence-corrected chi connectivity index (χ3v) is 2.13. The molecule has 9 nitrogen and oxygen atoms in total. The number of carboxylic acids is 1. The average molecular weight is 297 g/mol. The summed E-state index contributed by atoms with van der Waals surface area (Å²) in [7, 11) is 0. The number of hydrogen-bond acceptors (Lipinski definition) is 6. The van der Waals surface area contributed by atoms with E-state index < -0.39 is 29.1 Å². The van der Waals surface area contributed by atoms with Crippen molar-refractivity contribution in [3.8, 4) is 0 Å². The summed E-state index contributed by atoms with van der Waals surface area (Å²) in [5.41, 5.74) is -1.08. The average Bonchev–Trinajstić information content (AvgIpc) is 2.33. The Labute approximate surface area is 120 Å². The van der Waals surface area contributed by atoms with E-state index in [4.69, 9.17) is 9.84 Å². The Kier molecular flexibility index (Phi) is 4.79. The van der Waals surface area contributed by atoms with Gasteiger partial charge in [0.15, 0.2) is 0 Å². The van der Waals surface area contributed by atoms with Gasteiger partial charge in [0.05, 0.1) is 4.92 Å². The van der Waals surface area contributed by atoms with Crippen LogP contribution < -0.4 is 4.90 Å². The summed E-state index contributed by atoms with van der Waals surface area (Å²) in [6, 6.07) is 2.31. The minimum absolute atomic E-state index is 0.0442. The van der Waals surface area contributed by atoms with Crippen molar-refractivity contribution in [2.45, 2.75) is 26.4 Å². The van der Waals surface area contributed by atoms with E-state index in [1.54, 1.807) is 20.8 Å². The Balaban J connectivity index is 3.04. The summed E-state index contributed by atoms with van der Waals surface area (Å²) >= 11 is 0. The van der Waals surface area contributed by atoms with E-state index in [0.717, 1.165) is 17.2 Å². The predicted octanol–water partition coefficient (Wildman–Crippen LogP) is 1.82. The van der Waals surface area contributed by atoms with Crippen LogP contribution in [0, 0.1) is 10.1 Å². The Morgan fingerprint density at radius 3 is 2.43 bits per heavy atom. The molecule has 1 N–H and O–H groups in total. The van der Waals surface area contributed by atoms with Crippen LogP contribution >= 0.6 is 0 Å². The number of carbonyl (C=O) groups is 2. The van der Waals surface area contributed by atoms with Gasteiger partial charge in [-0.15, -0.1) is 0 Å². The zero-order chi connectivity index (χ0) is 16.2. The third kappa shape index (κ3) is 5.05. The molecule has 1 aromatic rings. The lowest BCUT2D eigenvalue weighted by Crippen LogP contribution is -2.40. The number of nitrogens with zero attached hydrogens (tertiary/aromatic N) is 3. The predicted molar refractivity (Wildman–Crippen MR) is 72.1 cm³/mol. The van der Waals surface area contributed by atoms with Gasteiger partial charge < -0.3 is 9.84 Å². The van der Waals surface area contributed by atoms with Gasteiger partial charge in [0, 0.05) is 6.07 Å². The second-order valence-electron chi connectivity index (χ2n) is 5.09. The lowest BCUT2D eigenvalue weighted by molar-refractivity contribution is -0.385. The van der Waals surface area contributed by atoms with Crippen molar-refractivity contribution >= 4 is 23.6 Å². The van der Waals surface area contributed by atoms with Crippen LogP contribution in [-0.2, 0) is 9.53 Å². The van der Waals surface area contributed by atoms with E-state index in [-0.39, 0.29) is 11.5 Å². The van der Waals surface area contributed by atoms with E-state index in [9.17, 15) is 19.7 Å². The summed E-state index contributed by atoms with van der Waals surface area (Å²) in [6.45, 7) is 4.23. The number of aliphatic carboxylic acids is 1. The highest BCUT2D eigenvalue weighted by atomic mass is 16.6. The molecular weight excluding hydrogens is 282 g/mol. The maximum atomic E-state index is 12.0. The zero-order valence-corrected chi connectivity index (χ0v) is 11.8. The number of pyridine rings is 1. The highest BCUT2D eigenvalue weighted by molar-refractivity contribution is 5.92. The molecule has 114 valence electrons. The molecule has 0 spiro atoms. The molecule has 0 aliphatic rings. The maximum Gasteiger partial charge on any atom is 0.416 e. The van der Waals surface area contributed by atoms with Crippen molar-refractivity contribution in [3.63, 3.8) is 0 Å². The van der Waals surface area contributed by atoms with Crippen LogP contribution in [0.5, 0.6) is 0 Å². The number of hydrogen-bond donors (Lipinski definition) is 1. The fourth-order valence-electron chi connectivity index (χ4n) is 1.34. The van der Waals surface area contributed by atoms with Crippen molar-refractivity contribution in [2.75, 3.05) is 11.4 Å². The van der Waals surface area contributed by atoms with Crippen LogP contribution in [0.1, 0.15) is 20.8 Å². The van der Waals surface area contributed by atoms with Gasteiger partial charge in [-0.1, -0.05) is 0 Å². The fraction of sp³-hybridized carbons (Fsp3) is 0.417. The molecule has 0 aliphatic carbocycles. The Morgan fingerprint density at radius 1 is 1.43 bits per heavy atom. The summed E-state index contributed by atoms with van der Waals surface area (Å²) in [5, 5.41) is 19.4. The normalized spacial score (nSPS) is 10.8. The second-order valence-corrected chi connectivity index (χ2v) is 5.09. The Hall–Kier alpha value is -2.71. The highest BCUT2D eigenvalue weighted by Crippen LogP contribution is 2.18. The molecule has 0 saturated carbocycles. The summed E-state index contributed by atoms with van der Waals surface area (Å²) < 4.78 is 5.08. The lowest BCUT2D eigenvalue weighted by Gasteiger charge is -2.25. The van der Waals surface area contributed by atoms with E-state index in [0.29, 0.717) is 0 Å². The van der Waals surface area contributed by atoms with Crippen molar-refractivity contribution in [2.24, 2.45) is 0 Å². The van der Waals surface area contributed by atoms with Gasteiger partial charge in [-0.05, 0) is 26.8 Å². The molecule has 0 atom stereocenters. The first-order chi connectivity index (χ1) is 9.60. The van der Waals surface area contributed by atoms with Gasteiger partial charge in [0.1, 0.15) is 24.2 Å². The molecule has 1 rings (SSSR count). The SMILES string of the molecule is CC(C)(C)OC(=O)N(CC(=O)O)c1ccc([N+](=O)[O-])cn1. The minimum atomic E-state index is -1.26. The largest absolute Gasteiger partial charge is 0.480 e. The molecule has 0 saturated heterocycles. The molecule has 1 amide bonds. The number of carboxylic acid groups (broad SMARTS) is 1. The quantitative estimate of drug-likeness (QED) is 0.664. The molecule has 0 unspecified atom stereocenters. The van der Waals surface area contributed by atoms with Crippen LogP contribution in [0.2, 0.25) is 0 Å². The summed E-state index contributed by atoms with van der Waals surface area (Å²) in [5.74, 6) is -1.31. The van der Waals surface area contributed by atoms with Gasteiger partial charge in [0.25, 0.3) is 5.69 Å². The lowest BCUT2D eigenvalue weighted by atomic mass is 10.2. The molecule has 9 heteroatoms. The van der Waals surface area contributed by atoms with Gasteiger partial charge >= 0.3 is 12.1 Å². The Morgan fingerprint density at radius 2 is 2.05 bits per heavy atom. The van der Waals surface area contributed by atoms with Crippen molar-refractivity contribution in [3.05, 3.63) is 28.4 Å². The van der Waals surface area contributed by atoms with Gasteiger partial charge in [-0.3, -0.25) is 19.8 Å². The summed E-state index contributed by atoms with van der Waals surface area (Å²) in [4.78, 5) is 37.2. The zero-order valence-electron chi connectivity index (χ0n) is 11.8. The Bertz CT molecular complexity index is 549. The fourth-order valence-corrected chi connectivity index (χ4v) is 1.34. The molecule has 0 aromatic carbocycles. The first-order valence-electron chi connectivity index (χ1n) is 5.93. The van der Waals surface area contributed by atoms with E-state index >= 15 is 0 Å². The van der Waals surface area contributed by atoms with Gasteiger partial charge in [-0.25, -0.2) is 9.78 Å². The number of ether oxygens (including phenoxy) is 1. The summed E-state index contributed by atoms with van der Waals surface area (Å²) in [6.07, 6.45) is 0.0421. The number of nitro groups is 1. The molecule has 0 aliphatic heterocycles. The smallest absolute Gasteiger partial charge is 0.416 e. The number of rotatable bonds is 4. The minimum Gasteiger partial charge on any atom is -0.480 e. The topological polar surface area (TPSA) is 123 Å². The monoisotopic (exact) mass is 297 g/mol. The molecule has 0 radical (unpaired) electrons. The molecule has 1 heterocycles. The first-order valence-corrected chi connectivity index (χ1v) is 5.93. The number of anilines is 1. The van der Waals surface area contributed by atoms with Gasteiger partial charge in [-0.2, -0.15) is 0 Å². The van der Waals surface area contributed by atoms with Crippen molar-refractivity contribution < 1.29 is 24.4 Å². The molecule has 21 heavy (non-hydrogen) atoms. The van der Waals surface area contributed by atoms with Crippen LogP contribution in [0.4, 0.5) is 16.3 Å². The van der Waals surface area contributed by atoms with Crippen LogP contribution in [0.25, 0.3) is 0 Å². The maximum absolute atomic E-state index is 12.0. The molecular formula is C12H15N3O6. The van der Waals surface area contributed by atoms with Crippen LogP contribution in [-0.4, -0.2) is 39.2 Å². The first kappa shape index (κ1) is 16.3. The van der Waals surface area contributed by atoms with E-state index in [2.05, 4.69) is 4.98 Å². The molecule has 1 aromatic heterocycles. The second kappa shape index (κ2) is 6.16. The molecule has 0 fully saturated rings. The van der Waals surface area contributed by atoms with Crippen LogP contribution in [0.15, 0.2) is 18.3 Å². The third-order valence-electron chi connectivity index (χ3n) is 2.13. The van der Waals surface area contributed by atoms with Crippen molar-refractivity contribution in [1.82, 2.24) is 4.98 Å². The number of amides is 1.